The molecule has 0 radical (unpaired) electrons. The van der Waals surface area contributed by atoms with E-state index in [4.69, 9.17) is 0 Å². The molecule has 4 nitrogen and oxygen atoms in total. The Labute approximate surface area is 107 Å². The largest absolute Gasteiger partial charge is 0.308 e. The molecule has 0 aliphatic heterocycles. The third kappa shape index (κ3) is 6.62. The summed E-state index contributed by atoms with van der Waals surface area (Å²) in [6, 6.07) is 2.78. The Bertz CT molecular complexity index is 246. The predicted molar refractivity (Wildman–Crippen MR) is 73.0 cm³/mol. The van der Waals surface area contributed by atoms with Crippen molar-refractivity contribution >= 4 is 0 Å². The monoisotopic (exact) mass is 240 g/mol. The highest BCUT2D eigenvalue weighted by atomic mass is 15.2. The van der Waals surface area contributed by atoms with Crippen LogP contribution >= 0.6 is 0 Å². The van der Waals surface area contributed by atoms with Crippen LogP contribution in [0.15, 0.2) is 0 Å². The van der Waals surface area contributed by atoms with Crippen LogP contribution in [-0.4, -0.2) is 62.2 Å². The summed E-state index contributed by atoms with van der Waals surface area (Å²) in [4.78, 5) is 4.49. The highest BCUT2D eigenvalue weighted by molar-refractivity contribution is 5.05. The van der Waals surface area contributed by atoms with Crippen LogP contribution in [0.3, 0.4) is 0 Å². The van der Waals surface area contributed by atoms with Crippen LogP contribution in [-0.2, 0) is 0 Å². The van der Waals surface area contributed by atoms with Crippen molar-refractivity contribution in [3.8, 4) is 6.07 Å². The van der Waals surface area contributed by atoms with Crippen molar-refractivity contribution in [3.63, 3.8) is 0 Å². The van der Waals surface area contributed by atoms with E-state index in [1.165, 1.54) is 0 Å². The van der Waals surface area contributed by atoms with Crippen molar-refractivity contribution in [2.75, 3.05) is 40.8 Å². The Morgan fingerprint density at radius 2 is 1.88 bits per heavy atom. The van der Waals surface area contributed by atoms with Crippen LogP contribution in [0.5, 0.6) is 0 Å². The number of hydrogen-bond acceptors (Lipinski definition) is 4. The number of nitriles is 1. The second kappa shape index (κ2) is 7.65. The Morgan fingerprint density at radius 3 is 2.29 bits per heavy atom. The Hall–Kier alpha value is -0.630. The Balaban J connectivity index is 4.22. The fourth-order valence-electron chi connectivity index (χ4n) is 1.87. The first kappa shape index (κ1) is 16.4. The van der Waals surface area contributed by atoms with Crippen molar-refractivity contribution < 1.29 is 0 Å². The molecule has 0 aliphatic rings. The number of nitrogens with zero attached hydrogens (tertiary/aromatic N) is 3. The molecule has 2 unspecified atom stereocenters. The smallest absolute Gasteiger partial charge is 0.105 e. The van der Waals surface area contributed by atoms with Gasteiger partial charge in [0.1, 0.15) is 5.54 Å². The Kier molecular flexibility index (Phi) is 7.37. The van der Waals surface area contributed by atoms with Gasteiger partial charge in [0.15, 0.2) is 0 Å². The van der Waals surface area contributed by atoms with Crippen LogP contribution in [0.4, 0.5) is 0 Å². The number of nitrogens with one attached hydrogen (secondary N) is 1. The SMILES string of the molecule is CCNC(C)(C#N)CC(C)N(C)CCN(C)C. The van der Waals surface area contributed by atoms with Crippen molar-refractivity contribution in [2.45, 2.75) is 38.8 Å². The van der Waals surface area contributed by atoms with E-state index in [2.05, 4.69) is 49.3 Å². The second-order valence-electron chi connectivity index (χ2n) is 5.31. The minimum Gasteiger partial charge on any atom is -0.308 e. The van der Waals surface area contributed by atoms with Gasteiger partial charge in [-0.05, 0) is 48.0 Å². The molecule has 1 N–H and O–H groups in total. The van der Waals surface area contributed by atoms with Crippen LogP contribution in [0.2, 0.25) is 0 Å². The molecule has 0 aliphatic carbocycles. The zero-order valence-corrected chi connectivity index (χ0v) is 12.2. The topological polar surface area (TPSA) is 42.3 Å². The normalized spacial score (nSPS) is 16.9. The average molecular weight is 240 g/mol. The van der Waals surface area contributed by atoms with Crippen LogP contribution in [0.25, 0.3) is 0 Å². The van der Waals surface area contributed by atoms with Gasteiger partial charge in [-0.1, -0.05) is 6.92 Å². The van der Waals surface area contributed by atoms with Crippen molar-refractivity contribution in [3.05, 3.63) is 0 Å². The Morgan fingerprint density at radius 1 is 1.29 bits per heavy atom. The summed E-state index contributed by atoms with van der Waals surface area (Å²) in [5.74, 6) is 0. The summed E-state index contributed by atoms with van der Waals surface area (Å²) in [6.07, 6.45) is 0.848. The third-order valence-corrected chi connectivity index (χ3v) is 3.17. The van der Waals surface area contributed by atoms with Gasteiger partial charge in [-0.25, -0.2) is 0 Å². The first-order valence-electron chi connectivity index (χ1n) is 6.36. The molecular weight excluding hydrogens is 212 g/mol. The van der Waals surface area contributed by atoms with E-state index in [0.29, 0.717) is 6.04 Å². The van der Waals surface area contributed by atoms with Crippen LogP contribution < -0.4 is 5.32 Å². The molecule has 0 saturated heterocycles. The van der Waals surface area contributed by atoms with Gasteiger partial charge in [-0.15, -0.1) is 0 Å². The first-order chi connectivity index (χ1) is 7.84. The molecule has 2 atom stereocenters. The number of hydrogen-bond donors (Lipinski definition) is 1. The van der Waals surface area contributed by atoms with E-state index in [9.17, 15) is 5.26 Å². The van der Waals surface area contributed by atoms with Gasteiger partial charge in [0.2, 0.25) is 0 Å². The molecule has 0 amide bonds. The zero-order valence-electron chi connectivity index (χ0n) is 12.2. The van der Waals surface area contributed by atoms with E-state index in [0.717, 1.165) is 26.1 Å². The summed E-state index contributed by atoms with van der Waals surface area (Å²) in [6.45, 7) is 9.11. The fourth-order valence-corrected chi connectivity index (χ4v) is 1.87. The third-order valence-electron chi connectivity index (χ3n) is 3.17. The second-order valence-corrected chi connectivity index (χ2v) is 5.31. The maximum Gasteiger partial charge on any atom is 0.105 e. The summed E-state index contributed by atoms with van der Waals surface area (Å²) in [7, 11) is 6.28. The molecule has 4 heteroatoms. The van der Waals surface area contributed by atoms with E-state index in [1.54, 1.807) is 0 Å². The highest BCUT2D eigenvalue weighted by Crippen LogP contribution is 2.14. The molecule has 0 fully saturated rings. The van der Waals surface area contributed by atoms with Crippen molar-refractivity contribution in [2.24, 2.45) is 0 Å². The highest BCUT2D eigenvalue weighted by Gasteiger charge is 2.26. The molecule has 0 heterocycles. The molecule has 0 aromatic rings. The lowest BCUT2D eigenvalue weighted by atomic mass is 9.94. The standard InChI is InChI=1S/C13H28N4/c1-7-15-13(3,11-14)10-12(2)17(6)9-8-16(4)5/h12,15H,7-10H2,1-6H3. The zero-order chi connectivity index (χ0) is 13.5. The quantitative estimate of drug-likeness (QED) is 0.691. The number of rotatable bonds is 8. The molecule has 17 heavy (non-hydrogen) atoms. The van der Waals surface area contributed by atoms with Crippen LogP contribution in [0.1, 0.15) is 27.2 Å². The van der Waals surface area contributed by atoms with Gasteiger partial charge in [0, 0.05) is 19.1 Å². The molecule has 0 bridgehead atoms. The van der Waals surface area contributed by atoms with Crippen molar-refractivity contribution in [1.29, 1.82) is 5.26 Å². The molecular formula is C13H28N4. The molecule has 0 spiro atoms. The van der Waals surface area contributed by atoms with Gasteiger partial charge in [-0.2, -0.15) is 5.26 Å². The average Bonchev–Trinajstić information content (AvgIpc) is 2.25. The van der Waals surface area contributed by atoms with Gasteiger partial charge in [-0.3, -0.25) is 5.32 Å². The molecule has 0 saturated carbocycles. The molecule has 100 valence electrons. The first-order valence-corrected chi connectivity index (χ1v) is 6.36. The lowest BCUT2D eigenvalue weighted by Crippen LogP contribution is -2.47. The lowest BCUT2D eigenvalue weighted by molar-refractivity contribution is 0.196. The van der Waals surface area contributed by atoms with Gasteiger partial charge in [0.25, 0.3) is 0 Å². The summed E-state index contributed by atoms with van der Waals surface area (Å²) < 4.78 is 0. The van der Waals surface area contributed by atoms with Gasteiger partial charge < -0.3 is 9.80 Å². The maximum atomic E-state index is 9.23. The van der Waals surface area contributed by atoms with Gasteiger partial charge in [0.05, 0.1) is 6.07 Å². The minimum absolute atomic E-state index is 0.402. The van der Waals surface area contributed by atoms with E-state index in [-0.39, 0.29) is 0 Å². The maximum absolute atomic E-state index is 9.23. The summed E-state index contributed by atoms with van der Waals surface area (Å²) in [5, 5.41) is 12.5. The van der Waals surface area contributed by atoms with Crippen molar-refractivity contribution in [1.82, 2.24) is 15.1 Å². The number of likely N-dealkylation sites (N-methyl/N-ethyl adjacent to an activating group) is 2. The predicted octanol–water partition coefficient (Wildman–Crippen LogP) is 1.15. The summed E-state index contributed by atoms with van der Waals surface area (Å²) >= 11 is 0. The van der Waals surface area contributed by atoms with Gasteiger partial charge >= 0.3 is 0 Å². The van der Waals surface area contributed by atoms with Crippen LogP contribution in [0, 0.1) is 11.3 Å². The minimum atomic E-state index is -0.416. The fraction of sp³-hybridized carbons (Fsp3) is 0.923. The molecule has 0 aromatic carbocycles. The molecule has 0 aromatic heterocycles. The van der Waals surface area contributed by atoms with E-state index < -0.39 is 5.54 Å². The lowest BCUT2D eigenvalue weighted by Gasteiger charge is -2.32. The van der Waals surface area contributed by atoms with E-state index in [1.807, 2.05) is 13.8 Å². The molecule has 0 rings (SSSR count). The summed E-state index contributed by atoms with van der Waals surface area (Å²) in [5.41, 5.74) is -0.416. The van der Waals surface area contributed by atoms with E-state index >= 15 is 0 Å².